The molecule has 2 nitrogen and oxygen atoms in total. The van der Waals surface area contributed by atoms with Crippen molar-refractivity contribution in [1.82, 2.24) is 0 Å². The fraction of sp³-hybridized carbons (Fsp3) is 0.389. The van der Waals surface area contributed by atoms with Crippen LogP contribution in [-0.4, -0.2) is 18.3 Å². The summed E-state index contributed by atoms with van der Waals surface area (Å²) in [6.45, 7) is 0. The summed E-state index contributed by atoms with van der Waals surface area (Å²) < 4.78 is 5.41. The van der Waals surface area contributed by atoms with Crippen LogP contribution in [-0.2, 0) is 4.79 Å². The van der Waals surface area contributed by atoms with Gasteiger partial charge in [-0.25, -0.2) is 0 Å². The number of Topliss-reactive ketones (excluding diaryl/α,β-unsaturated/α-hetero) is 1. The minimum atomic E-state index is -0.315. The predicted octanol–water partition coefficient (Wildman–Crippen LogP) is 4.89. The first-order valence-electron chi connectivity index (χ1n) is 7.56. The summed E-state index contributed by atoms with van der Waals surface area (Å²) in [7, 11) is 1.68. The number of para-hydroxylation sites is 1. The standard InChI is InChI=1S/C18H19ClO2S/c1-21-16-8-3-2-5-12(16)11-17-13(9-10-22-17)14-6-4-7-15(19)18(14)20/h2-3,5,8-11,13-15H,4,6-7H2,1H3. The monoisotopic (exact) mass is 334 g/mol. The number of rotatable bonds is 3. The summed E-state index contributed by atoms with van der Waals surface area (Å²) in [5.74, 6) is 1.23. The van der Waals surface area contributed by atoms with E-state index in [4.69, 9.17) is 16.3 Å². The van der Waals surface area contributed by atoms with Crippen molar-refractivity contribution >= 4 is 35.2 Å². The summed E-state index contributed by atoms with van der Waals surface area (Å²) in [6.07, 6.45) is 7.05. The van der Waals surface area contributed by atoms with E-state index >= 15 is 0 Å². The maximum Gasteiger partial charge on any atom is 0.154 e. The Kier molecular flexibility index (Phi) is 4.94. The van der Waals surface area contributed by atoms with Gasteiger partial charge in [-0.3, -0.25) is 4.79 Å². The van der Waals surface area contributed by atoms with Gasteiger partial charge >= 0.3 is 0 Å². The largest absolute Gasteiger partial charge is 0.496 e. The summed E-state index contributed by atoms with van der Waals surface area (Å²) in [4.78, 5) is 13.6. The number of benzene rings is 1. The Hall–Kier alpha value is -1.19. The first kappa shape index (κ1) is 15.7. The van der Waals surface area contributed by atoms with Crippen LogP contribution < -0.4 is 4.74 Å². The van der Waals surface area contributed by atoms with Crippen LogP contribution in [0.2, 0.25) is 0 Å². The van der Waals surface area contributed by atoms with Crippen LogP contribution in [0.5, 0.6) is 5.75 Å². The molecule has 0 bridgehead atoms. The van der Waals surface area contributed by atoms with Gasteiger partial charge in [0.15, 0.2) is 5.78 Å². The van der Waals surface area contributed by atoms with Crippen molar-refractivity contribution in [1.29, 1.82) is 0 Å². The summed E-state index contributed by atoms with van der Waals surface area (Å²) in [5.41, 5.74) is 1.05. The Morgan fingerprint density at radius 3 is 2.95 bits per heavy atom. The van der Waals surface area contributed by atoms with Crippen molar-refractivity contribution in [2.45, 2.75) is 24.6 Å². The normalized spacial score (nSPS) is 30.0. The molecule has 3 atom stereocenters. The van der Waals surface area contributed by atoms with E-state index in [1.54, 1.807) is 18.9 Å². The van der Waals surface area contributed by atoms with Crippen LogP contribution >= 0.6 is 23.4 Å². The van der Waals surface area contributed by atoms with Gasteiger partial charge in [-0.05, 0) is 35.3 Å². The molecule has 1 aliphatic carbocycles. The summed E-state index contributed by atoms with van der Waals surface area (Å²) >= 11 is 7.87. The van der Waals surface area contributed by atoms with Gasteiger partial charge in [0.1, 0.15) is 5.75 Å². The molecule has 1 aromatic carbocycles. The zero-order chi connectivity index (χ0) is 15.5. The molecule has 0 spiro atoms. The lowest BCUT2D eigenvalue weighted by molar-refractivity contribution is -0.124. The van der Waals surface area contributed by atoms with Crippen LogP contribution in [0.1, 0.15) is 24.8 Å². The highest BCUT2D eigenvalue weighted by Gasteiger charge is 2.37. The van der Waals surface area contributed by atoms with E-state index in [9.17, 15) is 4.79 Å². The molecule has 1 aliphatic heterocycles. The molecule has 0 radical (unpaired) electrons. The minimum Gasteiger partial charge on any atom is -0.496 e. The van der Waals surface area contributed by atoms with Crippen molar-refractivity contribution in [2.75, 3.05) is 7.11 Å². The lowest BCUT2D eigenvalue weighted by atomic mass is 9.78. The number of ether oxygens (including phenoxy) is 1. The van der Waals surface area contributed by atoms with E-state index in [1.807, 2.05) is 24.3 Å². The fourth-order valence-electron chi connectivity index (χ4n) is 3.17. The van der Waals surface area contributed by atoms with Gasteiger partial charge in [0, 0.05) is 17.4 Å². The van der Waals surface area contributed by atoms with Gasteiger partial charge in [0.2, 0.25) is 0 Å². The number of thioether (sulfide) groups is 1. The minimum absolute atomic E-state index is 0.0171. The molecule has 1 heterocycles. The maximum atomic E-state index is 12.4. The van der Waals surface area contributed by atoms with Gasteiger partial charge in [0.05, 0.1) is 12.5 Å². The highest BCUT2D eigenvalue weighted by atomic mass is 35.5. The Morgan fingerprint density at radius 2 is 2.14 bits per heavy atom. The average molecular weight is 335 g/mol. The number of alkyl halides is 1. The molecule has 3 unspecified atom stereocenters. The number of carbonyl (C=O) groups excluding carboxylic acids is 1. The zero-order valence-electron chi connectivity index (χ0n) is 12.5. The number of hydrogen-bond acceptors (Lipinski definition) is 3. The molecule has 22 heavy (non-hydrogen) atoms. The van der Waals surface area contributed by atoms with Crippen LogP contribution in [0.15, 0.2) is 40.7 Å². The first-order valence-corrected chi connectivity index (χ1v) is 8.88. The lowest BCUT2D eigenvalue weighted by Crippen LogP contribution is -2.33. The van der Waals surface area contributed by atoms with E-state index in [2.05, 4.69) is 17.6 Å². The van der Waals surface area contributed by atoms with Gasteiger partial charge in [-0.2, -0.15) is 0 Å². The van der Waals surface area contributed by atoms with E-state index < -0.39 is 0 Å². The van der Waals surface area contributed by atoms with Gasteiger partial charge in [0.25, 0.3) is 0 Å². The van der Waals surface area contributed by atoms with Crippen molar-refractivity contribution in [3.05, 3.63) is 46.2 Å². The maximum absolute atomic E-state index is 12.4. The zero-order valence-corrected chi connectivity index (χ0v) is 14.1. The Bertz CT molecular complexity index is 623. The molecule has 0 amide bonds. The van der Waals surface area contributed by atoms with Crippen molar-refractivity contribution in [3.63, 3.8) is 0 Å². The molecule has 1 fully saturated rings. The van der Waals surface area contributed by atoms with Crippen LogP contribution in [0.25, 0.3) is 6.08 Å². The number of methoxy groups -OCH3 is 1. The van der Waals surface area contributed by atoms with E-state index in [-0.39, 0.29) is 23.0 Å². The number of ketones is 1. The third-order valence-electron chi connectivity index (χ3n) is 4.34. The molecular formula is C18H19ClO2S. The second-order valence-electron chi connectivity index (χ2n) is 5.67. The van der Waals surface area contributed by atoms with Crippen molar-refractivity contribution < 1.29 is 9.53 Å². The molecule has 3 rings (SSSR count). The van der Waals surface area contributed by atoms with Gasteiger partial charge < -0.3 is 4.74 Å². The lowest BCUT2D eigenvalue weighted by Gasteiger charge is -2.28. The quantitative estimate of drug-likeness (QED) is 0.736. The predicted molar refractivity (Wildman–Crippen MR) is 93.2 cm³/mol. The number of hydrogen-bond donors (Lipinski definition) is 0. The van der Waals surface area contributed by atoms with Crippen molar-refractivity contribution in [3.8, 4) is 5.75 Å². The Labute approximate surface area is 140 Å². The second-order valence-corrected chi connectivity index (χ2v) is 7.17. The number of halogens is 1. The average Bonchev–Trinajstić information content (AvgIpc) is 2.98. The molecule has 4 heteroatoms. The van der Waals surface area contributed by atoms with Gasteiger partial charge in [-0.15, -0.1) is 23.4 Å². The molecule has 1 saturated carbocycles. The van der Waals surface area contributed by atoms with E-state index in [0.717, 1.165) is 30.6 Å². The molecular weight excluding hydrogens is 316 g/mol. The van der Waals surface area contributed by atoms with E-state index in [0.29, 0.717) is 0 Å². The highest BCUT2D eigenvalue weighted by molar-refractivity contribution is 8.06. The number of allylic oxidation sites excluding steroid dienone is 2. The van der Waals surface area contributed by atoms with Crippen molar-refractivity contribution in [2.24, 2.45) is 11.8 Å². The Balaban J connectivity index is 1.88. The van der Waals surface area contributed by atoms with Crippen LogP contribution in [0.4, 0.5) is 0 Å². The van der Waals surface area contributed by atoms with E-state index in [1.165, 1.54) is 4.91 Å². The topological polar surface area (TPSA) is 26.3 Å². The second kappa shape index (κ2) is 6.93. The van der Waals surface area contributed by atoms with Crippen LogP contribution in [0, 0.1) is 11.8 Å². The third kappa shape index (κ3) is 3.11. The molecule has 0 N–H and O–H groups in total. The fourth-order valence-corrected chi connectivity index (χ4v) is 4.48. The Morgan fingerprint density at radius 1 is 1.32 bits per heavy atom. The molecule has 2 aliphatic rings. The van der Waals surface area contributed by atoms with Crippen LogP contribution in [0.3, 0.4) is 0 Å². The first-order chi connectivity index (χ1) is 10.7. The summed E-state index contributed by atoms with van der Waals surface area (Å²) in [5, 5.41) is 1.77. The molecule has 0 aromatic heterocycles. The molecule has 0 saturated heterocycles. The SMILES string of the molecule is COc1ccccc1C=C1SC=CC1C1CCCC(Cl)C1=O. The third-order valence-corrected chi connectivity index (χ3v) is 5.72. The molecule has 1 aromatic rings. The van der Waals surface area contributed by atoms with Gasteiger partial charge in [-0.1, -0.05) is 30.7 Å². The summed E-state index contributed by atoms with van der Waals surface area (Å²) in [6, 6.07) is 7.95. The number of carbonyl (C=O) groups is 1. The smallest absolute Gasteiger partial charge is 0.154 e. The molecule has 116 valence electrons. The highest BCUT2D eigenvalue weighted by Crippen LogP contribution is 2.44.